The fourth-order valence-corrected chi connectivity index (χ4v) is 4.68. The minimum Gasteiger partial charge on any atom is -0.315 e. The van der Waals surface area contributed by atoms with Gasteiger partial charge >= 0.3 is 0 Å². The van der Waals surface area contributed by atoms with Gasteiger partial charge in [0.1, 0.15) is 11.7 Å². The summed E-state index contributed by atoms with van der Waals surface area (Å²) >= 11 is 2.48. The Morgan fingerprint density at radius 2 is 2.04 bits per heavy atom. The van der Waals surface area contributed by atoms with Crippen LogP contribution >= 0.6 is 23.7 Å². The quantitative estimate of drug-likeness (QED) is 0.592. The minimum atomic E-state index is -0.475. The van der Waals surface area contributed by atoms with E-state index in [9.17, 15) is 9.18 Å². The first-order chi connectivity index (χ1) is 13.4. The Morgan fingerprint density at radius 1 is 1.29 bits per heavy atom. The molecule has 28 heavy (non-hydrogen) atoms. The average molecular weight is 414 g/mol. The predicted octanol–water partition coefficient (Wildman–Crippen LogP) is 4.17. The number of amides is 1. The Hall–Kier alpha value is -2.65. The number of hydrogen-bond acceptors (Lipinski definition) is 5. The number of thioether (sulfide) groups is 1. The molecule has 1 aromatic carbocycles. The second kappa shape index (κ2) is 7.06. The molecule has 3 heterocycles. The molecule has 0 atom stereocenters. The van der Waals surface area contributed by atoms with Crippen molar-refractivity contribution in [3.8, 4) is 5.69 Å². The highest BCUT2D eigenvalue weighted by Gasteiger charge is 2.37. The Morgan fingerprint density at radius 3 is 2.75 bits per heavy atom. The Bertz CT molecular complexity index is 1120. The first kappa shape index (κ1) is 18.7. The van der Waals surface area contributed by atoms with Crippen molar-refractivity contribution in [2.24, 2.45) is 9.39 Å². The van der Waals surface area contributed by atoms with Gasteiger partial charge in [0, 0.05) is 11.4 Å². The van der Waals surface area contributed by atoms with E-state index in [1.54, 1.807) is 33.7 Å². The molecule has 0 saturated heterocycles. The fourth-order valence-electron chi connectivity index (χ4n) is 3.23. The standard InChI is InChI=1S/C19H16FN5OS2/c1-10-8-12(11(2)24(10)15-7-5-4-6-14(15)20)9-13-16(21)25-18(22-17(13)26)28-23-19(25)27-3/h4-9,21H,1-3H3/b13-9-,21-16?. The highest BCUT2D eigenvalue weighted by molar-refractivity contribution is 8.18. The van der Waals surface area contributed by atoms with Crippen LogP contribution in [0, 0.1) is 25.1 Å². The number of nitrogens with one attached hydrogen (secondary N) is 1. The van der Waals surface area contributed by atoms with Gasteiger partial charge in [-0.15, -0.1) is 0 Å². The van der Waals surface area contributed by atoms with Crippen LogP contribution < -0.4 is 0 Å². The molecule has 0 unspecified atom stereocenters. The molecule has 0 spiro atoms. The van der Waals surface area contributed by atoms with Gasteiger partial charge in [0.15, 0.2) is 5.17 Å². The van der Waals surface area contributed by atoms with Crippen molar-refractivity contribution in [2.75, 3.05) is 6.26 Å². The number of carbonyl (C=O) groups excluding carboxylic acids is 1. The molecule has 2 aliphatic heterocycles. The third-order valence-electron chi connectivity index (χ3n) is 4.54. The molecular weight excluding hydrogens is 397 g/mol. The average Bonchev–Trinajstić information content (AvgIpc) is 3.20. The highest BCUT2D eigenvalue weighted by Crippen LogP contribution is 2.32. The maximum Gasteiger partial charge on any atom is 0.283 e. The molecule has 142 valence electrons. The smallest absolute Gasteiger partial charge is 0.283 e. The van der Waals surface area contributed by atoms with Gasteiger partial charge < -0.3 is 4.57 Å². The summed E-state index contributed by atoms with van der Waals surface area (Å²) < 4.78 is 20.3. The van der Waals surface area contributed by atoms with Crippen LogP contribution in [-0.4, -0.2) is 37.8 Å². The molecule has 9 heteroatoms. The van der Waals surface area contributed by atoms with Crippen molar-refractivity contribution in [3.05, 3.63) is 58.7 Å². The molecule has 0 fully saturated rings. The lowest BCUT2D eigenvalue weighted by Gasteiger charge is -2.23. The van der Waals surface area contributed by atoms with Gasteiger partial charge in [-0.2, -0.15) is 9.39 Å². The summed E-state index contributed by atoms with van der Waals surface area (Å²) in [6.45, 7) is 3.74. The lowest BCUT2D eigenvalue weighted by Crippen LogP contribution is -2.41. The van der Waals surface area contributed by atoms with Gasteiger partial charge in [0.2, 0.25) is 5.17 Å². The Labute approximate surface area is 169 Å². The molecule has 1 N–H and O–H groups in total. The SMILES string of the molecule is CSC1=NSC2=NC(=O)/C(=C\c3cc(C)n(-c4ccccc4F)c3C)C(=N)N12. The lowest BCUT2D eigenvalue weighted by molar-refractivity contribution is -0.114. The van der Waals surface area contributed by atoms with Crippen LogP contribution in [-0.2, 0) is 4.79 Å². The summed E-state index contributed by atoms with van der Waals surface area (Å²) in [5.74, 6) is -0.755. The molecule has 0 aliphatic carbocycles. The van der Waals surface area contributed by atoms with Crippen LogP contribution in [0.2, 0.25) is 0 Å². The normalized spacial score (nSPS) is 17.9. The number of fused-ring (bicyclic) bond motifs is 1. The van der Waals surface area contributed by atoms with Crippen LogP contribution in [0.15, 0.2) is 45.3 Å². The number of carbonyl (C=O) groups is 1. The van der Waals surface area contributed by atoms with Crippen LogP contribution in [0.3, 0.4) is 0 Å². The number of hydrogen-bond donors (Lipinski definition) is 1. The number of rotatable bonds is 2. The molecule has 1 aromatic heterocycles. The van der Waals surface area contributed by atoms with E-state index in [2.05, 4.69) is 9.39 Å². The van der Waals surface area contributed by atoms with Crippen LogP contribution in [0.25, 0.3) is 11.8 Å². The van der Waals surface area contributed by atoms with E-state index in [-0.39, 0.29) is 17.2 Å². The first-order valence-corrected chi connectivity index (χ1v) is 10.4. The number of benzene rings is 1. The number of aromatic nitrogens is 1. The third-order valence-corrected chi connectivity index (χ3v) is 6.00. The number of halogens is 1. The molecule has 1 amide bonds. The summed E-state index contributed by atoms with van der Waals surface area (Å²) in [6.07, 6.45) is 3.50. The molecule has 0 saturated carbocycles. The zero-order chi connectivity index (χ0) is 20.0. The Kier molecular flexibility index (Phi) is 4.72. The first-order valence-electron chi connectivity index (χ1n) is 8.39. The number of aliphatic imine (C=N–C) groups is 1. The number of amidine groups is 3. The maximum absolute atomic E-state index is 14.3. The minimum absolute atomic E-state index is 0.0452. The second-order valence-corrected chi connectivity index (χ2v) is 7.73. The topological polar surface area (TPSA) is 73.8 Å². The van der Waals surface area contributed by atoms with E-state index in [0.29, 0.717) is 16.0 Å². The predicted molar refractivity (Wildman–Crippen MR) is 114 cm³/mol. The molecule has 2 aromatic rings. The van der Waals surface area contributed by atoms with Crippen LogP contribution in [0.5, 0.6) is 0 Å². The van der Waals surface area contributed by atoms with Gasteiger partial charge in [-0.3, -0.25) is 10.2 Å². The Balaban J connectivity index is 1.79. The van der Waals surface area contributed by atoms with Crippen LogP contribution in [0.4, 0.5) is 4.39 Å². The van der Waals surface area contributed by atoms with E-state index >= 15 is 0 Å². The maximum atomic E-state index is 14.3. The zero-order valence-corrected chi connectivity index (χ0v) is 17.0. The summed E-state index contributed by atoms with van der Waals surface area (Å²) in [4.78, 5) is 18.1. The van der Waals surface area contributed by atoms with Crippen molar-refractivity contribution in [3.63, 3.8) is 0 Å². The summed E-state index contributed by atoms with van der Waals surface area (Å²) in [5, 5.41) is 9.51. The van der Waals surface area contributed by atoms with Crippen molar-refractivity contribution in [1.82, 2.24) is 9.47 Å². The lowest BCUT2D eigenvalue weighted by atomic mass is 10.1. The third kappa shape index (κ3) is 2.91. The van der Waals surface area contributed by atoms with E-state index in [0.717, 1.165) is 28.9 Å². The van der Waals surface area contributed by atoms with Gasteiger partial charge in [0.05, 0.1) is 23.2 Å². The van der Waals surface area contributed by atoms with Crippen molar-refractivity contribution >= 4 is 51.9 Å². The number of nitrogens with zero attached hydrogens (tertiary/aromatic N) is 4. The molecule has 2 aliphatic rings. The van der Waals surface area contributed by atoms with E-state index in [4.69, 9.17) is 5.41 Å². The largest absolute Gasteiger partial charge is 0.315 e. The highest BCUT2D eigenvalue weighted by atomic mass is 32.2. The van der Waals surface area contributed by atoms with Gasteiger partial charge in [-0.25, -0.2) is 9.29 Å². The van der Waals surface area contributed by atoms with Gasteiger partial charge in [-0.05, 0) is 49.9 Å². The van der Waals surface area contributed by atoms with Crippen LogP contribution in [0.1, 0.15) is 17.0 Å². The molecule has 0 bridgehead atoms. The summed E-state index contributed by atoms with van der Waals surface area (Å²) in [7, 11) is 0. The molecular formula is C19H16FN5OS2. The van der Waals surface area contributed by atoms with Gasteiger partial charge in [-0.1, -0.05) is 23.9 Å². The fraction of sp³-hybridized carbons (Fsp3) is 0.158. The van der Waals surface area contributed by atoms with E-state index < -0.39 is 5.91 Å². The van der Waals surface area contributed by atoms with Crippen molar-refractivity contribution in [1.29, 1.82) is 5.41 Å². The summed E-state index contributed by atoms with van der Waals surface area (Å²) in [5.41, 5.74) is 2.97. The number of para-hydroxylation sites is 1. The number of aryl methyl sites for hydroxylation is 1. The van der Waals surface area contributed by atoms with Crippen molar-refractivity contribution < 1.29 is 9.18 Å². The molecule has 4 rings (SSSR count). The summed E-state index contributed by atoms with van der Waals surface area (Å²) in [6, 6.07) is 8.42. The zero-order valence-electron chi connectivity index (χ0n) is 15.4. The second-order valence-electron chi connectivity index (χ2n) is 6.22. The van der Waals surface area contributed by atoms with Gasteiger partial charge in [0.25, 0.3) is 5.91 Å². The molecule has 0 radical (unpaired) electrons. The molecule has 6 nitrogen and oxygen atoms in total. The van der Waals surface area contributed by atoms with E-state index in [1.165, 1.54) is 17.8 Å². The van der Waals surface area contributed by atoms with Crippen molar-refractivity contribution in [2.45, 2.75) is 13.8 Å². The van der Waals surface area contributed by atoms with E-state index in [1.807, 2.05) is 26.2 Å². The monoisotopic (exact) mass is 413 g/mol.